The Balaban J connectivity index is 0.00000370. The van der Waals surface area contributed by atoms with Crippen LogP contribution in [-0.2, 0) is 35.6 Å². The summed E-state index contributed by atoms with van der Waals surface area (Å²) in [5.41, 5.74) is -1.72. The predicted molar refractivity (Wildman–Crippen MR) is 132 cm³/mol. The molecule has 15 heteroatoms. The minimum Gasteiger partial charge on any atom is -0.490 e. The Morgan fingerprint density at radius 2 is 1.73 bits per heavy atom. The lowest BCUT2D eigenvalue weighted by atomic mass is 9.64. The van der Waals surface area contributed by atoms with E-state index >= 15 is 4.39 Å². The molecule has 2 aromatic rings. The number of halogens is 5. The third-order valence-electron chi connectivity index (χ3n) is 8.01. The van der Waals surface area contributed by atoms with Crippen molar-refractivity contribution in [1.82, 2.24) is 4.72 Å². The van der Waals surface area contributed by atoms with Crippen molar-refractivity contribution in [3.05, 3.63) is 59.2 Å². The van der Waals surface area contributed by atoms with E-state index in [4.69, 9.17) is 4.74 Å². The molecule has 2 N–H and O–H groups in total. The van der Waals surface area contributed by atoms with Gasteiger partial charge in [0.2, 0.25) is 10.0 Å². The maximum atomic E-state index is 15.5. The van der Waals surface area contributed by atoms with Crippen LogP contribution in [0.2, 0.25) is 0 Å². The predicted octanol–water partition coefficient (Wildman–Crippen LogP) is 4.24. The molecule has 5 atom stereocenters. The number of carbonyl (C=O) groups is 1. The highest BCUT2D eigenvalue weighted by atomic mass is 32.2. The van der Waals surface area contributed by atoms with Crippen LogP contribution in [0.4, 0.5) is 22.0 Å². The van der Waals surface area contributed by atoms with E-state index in [2.05, 4.69) is 4.72 Å². The number of hydrogen-bond donors (Lipinski definition) is 2. The maximum absolute atomic E-state index is 15.5. The van der Waals surface area contributed by atoms with Gasteiger partial charge in [-0.15, -0.1) is 0 Å². The van der Waals surface area contributed by atoms with Crippen molar-refractivity contribution < 1.29 is 53.4 Å². The second kappa shape index (κ2) is 9.94. The summed E-state index contributed by atoms with van der Waals surface area (Å²) in [7, 11) is -8.86. The Morgan fingerprint density at radius 1 is 1.10 bits per heavy atom. The van der Waals surface area contributed by atoms with Crippen LogP contribution in [0.3, 0.4) is 0 Å². The van der Waals surface area contributed by atoms with Gasteiger partial charge < -0.3 is 9.84 Å². The molecule has 0 aromatic heterocycles. The Bertz CT molecular complexity index is 1540. The standard InChI is InChI=1S/C24H22F5NO7S2.CH4/c25-17-5-6-18(26)22-21(17)23(38(33,34)13-3-1-12(2-4-13)24(27,28)29)8-7-19-15(16(23)11-37-22)9-14(10-20(31)32)39(35,36)30-19;/h1-6,14-16,19,30H,7-11H2,(H,31,32);1H4/t14-,15-,16-,19+,23-;/m0./s1. The van der Waals surface area contributed by atoms with Gasteiger partial charge in [0, 0.05) is 12.0 Å². The van der Waals surface area contributed by atoms with E-state index in [0.29, 0.717) is 12.1 Å². The first-order valence-electron chi connectivity index (χ1n) is 11.9. The van der Waals surface area contributed by atoms with Gasteiger partial charge in [0.15, 0.2) is 21.4 Å². The largest absolute Gasteiger partial charge is 0.490 e. The fourth-order valence-corrected chi connectivity index (χ4v) is 10.5. The van der Waals surface area contributed by atoms with E-state index in [1.54, 1.807) is 0 Å². The van der Waals surface area contributed by atoms with Crippen LogP contribution in [0, 0.1) is 23.5 Å². The molecule has 1 aliphatic carbocycles. The molecular formula is C25H26F5NO7S2. The van der Waals surface area contributed by atoms with Crippen molar-refractivity contribution in [2.45, 2.75) is 60.2 Å². The van der Waals surface area contributed by atoms with Crippen molar-refractivity contribution in [1.29, 1.82) is 0 Å². The van der Waals surface area contributed by atoms with Crippen LogP contribution in [0.25, 0.3) is 0 Å². The van der Waals surface area contributed by atoms with Crippen LogP contribution in [-0.4, -0.2) is 45.8 Å². The lowest BCUT2D eigenvalue weighted by Crippen LogP contribution is -2.64. The van der Waals surface area contributed by atoms with Gasteiger partial charge in [-0.1, -0.05) is 7.43 Å². The quantitative estimate of drug-likeness (QED) is 0.496. The molecule has 5 rings (SSSR count). The minimum absolute atomic E-state index is 0. The Kier molecular flexibility index (Phi) is 7.50. The smallest absolute Gasteiger partial charge is 0.416 e. The van der Waals surface area contributed by atoms with Gasteiger partial charge >= 0.3 is 12.1 Å². The zero-order chi connectivity index (χ0) is 28.5. The summed E-state index contributed by atoms with van der Waals surface area (Å²) in [6, 6.07) is 3.29. The summed E-state index contributed by atoms with van der Waals surface area (Å²) in [6.07, 6.45) is -6.36. The lowest BCUT2D eigenvalue weighted by molar-refractivity contribution is -0.138. The normalized spacial score (nSPS) is 29.1. The third-order valence-corrected chi connectivity index (χ3v) is 12.4. The number of alkyl halides is 3. The van der Waals surface area contributed by atoms with E-state index in [1.807, 2.05) is 0 Å². The number of benzene rings is 2. The molecular weight excluding hydrogens is 585 g/mol. The second-order valence-electron chi connectivity index (χ2n) is 9.99. The number of rotatable bonds is 4. The fraction of sp³-hybridized carbons (Fsp3) is 0.480. The van der Waals surface area contributed by atoms with Gasteiger partial charge in [-0.3, -0.25) is 4.79 Å². The fourth-order valence-electron chi connectivity index (χ4n) is 6.31. The zero-order valence-electron chi connectivity index (χ0n) is 19.9. The number of ether oxygens (including phenoxy) is 1. The number of nitrogens with one attached hydrogen (secondary N) is 1. The molecule has 0 unspecified atom stereocenters. The molecule has 220 valence electrons. The lowest BCUT2D eigenvalue weighted by Gasteiger charge is -2.54. The van der Waals surface area contributed by atoms with E-state index in [1.165, 1.54) is 0 Å². The molecule has 1 saturated carbocycles. The molecule has 40 heavy (non-hydrogen) atoms. The summed E-state index contributed by atoms with van der Waals surface area (Å²) in [5, 5.41) is 7.82. The number of carboxylic acids is 1. The first kappa shape index (κ1) is 30.2. The monoisotopic (exact) mass is 611 g/mol. The molecule has 0 amide bonds. The van der Waals surface area contributed by atoms with E-state index < -0.39 is 113 Å². The van der Waals surface area contributed by atoms with E-state index in [-0.39, 0.29) is 20.3 Å². The van der Waals surface area contributed by atoms with Crippen molar-refractivity contribution in [2.24, 2.45) is 11.8 Å². The molecule has 2 aliphatic heterocycles. The number of carboxylic acid groups (broad SMARTS) is 1. The average molecular weight is 612 g/mol. The molecule has 3 aliphatic rings. The van der Waals surface area contributed by atoms with Crippen LogP contribution < -0.4 is 9.46 Å². The molecule has 1 saturated heterocycles. The van der Waals surface area contributed by atoms with Gasteiger partial charge in [0.1, 0.15) is 10.6 Å². The van der Waals surface area contributed by atoms with Crippen LogP contribution in [0.5, 0.6) is 5.75 Å². The molecule has 2 aromatic carbocycles. The molecule has 0 spiro atoms. The Morgan fingerprint density at radius 3 is 2.33 bits per heavy atom. The summed E-state index contributed by atoms with van der Waals surface area (Å²) >= 11 is 0. The number of fused-ring (bicyclic) bond motifs is 5. The van der Waals surface area contributed by atoms with Gasteiger partial charge in [-0.2, -0.15) is 13.2 Å². The number of aliphatic carboxylic acids is 1. The minimum atomic E-state index is -4.77. The SMILES string of the molecule is C.O=C(O)C[C@@H]1C[C@@H]2[C@@H](CC[C@@]3(S(=O)(=O)c4ccc(C(F)(F)F)cc4)c4c(F)ccc(F)c4OC[C@@H]23)NS1(=O)=O. The molecule has 2 fully saturated rings. The summed E-state index contributed by atoms with van der Waals surface area (Å²) in [5.74, 6) is -6.25. The van der Waals surface area contributed by atoms with Gasteiger partial charge in [-0.25, -0.2) is 30.3 Å². The van der Waals surface area contributed by atoms with E-state index in [9.17, 15) is 44.3 Å². The Hall–Kier alpha value is -2.78. The van der Waals surface area contributed by atoms with E-state index in [0.717, 1.165) is 24.3 Å². The van der Waals surface area contributed by atoms with Crippen LogP contribution >= 0.6 is 0 Å². The molecule has 2 heterocycles. The first-order valence-corrected chi connectivity index (χ1v) is 14.9. The van der Waals surface area contributed by atoms with Crippen molar-refractivity contribution in [3.8, 4) is 5.75 Å². The van der Waals surface area contributed by atoms with Gasteiger partial charge in [-0.05, 0) is 61.6 Å². The number of hydrogen-bond acceptors (Lipinski definition) is 6. The highest BCUT2D eigenvalue weighted by Gasteiger charge is 2.64. The highest BCUT2D eigenvalue weighted by molar-refractivity contribution is 7.92. The maximum Gasteiger partial charge on any atom is 0.416 e. The first-order chi connectivity index (χ1) is 18.1. The third kappa shape index (κ3) is 4.55. The number of sulfone groups is 1. The van der Waals surface area contributed by atoms with Gasteiger partial charge in [0.05, 0.1) is 34.3 Å². The van der Waals surface area contributed by atoms with Crippen molar-refractivity contribution >= 4 is 25.8 Å². The van der Waals surface area contributed by atoms with Crippen LogP contribution in [0.15, 0.2) is 41.3 Å². The second-order valence-corrected chi connectivity index (χ2v) is 14.2. The topological polar surface area (TPSA) is 127 Å². The molecule has 0 bridgehead atoms. The summed E-state index contributed by atoms with van der Waals surface area (Å²) in [6.45, 7) is -0.476. The zero-order valence-corrected chi connectivity index (χ0v) is 21.5. The van der Waals surface area contributed by atoms with Crippen LogP contribution in [0.1, 0.15) is 44.2 Å². The summed E-state index contributed by atoms with van der Waals surface area (Å²) < 4.78 is 130. The highest BCUT2D eigenvalue weighted by Crippen LogP contribution is 2.59. The molecule has 0 radical (unpaired) electrons. The van der Waals surface area contributed by atoms with Gasteiger partial charge in [0.25, 0.3) is 0 Å². The molecule has 8 nitrogen and oxygen atoms in total. The van der Waals surface area contributed by atoms with Crippen molar-refractivity contribution in [2.75, 3.05) is 6.61 Å². The Labute approximate surface area is 227 Å². The summed E-state index contributed by atoms with van der Waals surface area (Å²) in [4.78, 5) is 10.8. The average Bonchev–Trinajstić information content (AvgIpc) is 2.85. The number of sulfonamides is 1. The van der Waals surface area contributed by atoms with Crippen molar-refractivity contribution in [3.63, 3.8) is 0 Å².